The van der Waals surface area contributed by atoms with Gasteiger partial charge in [-0.3, -0.25) is 10.1 Å². The quantitative estimate of drug-likeness (QED) is 0.391. The van der Waals surface area contributed by atoms with E-state index in [0.717, 1.165) is 13.2 Å². The number of ether oxygens (including phenoxy) is 2. The largest absolute Gasteiger partial charge is 0.465 e. The predicted octanol–water partition coefficient (Wildman–Crippen LogP) is 1.92. The fourth-order valence-corrected chi connectivity index (χ4v) is 1.59. The van der Waals surface area contributed by atoms with Gasteiger partial charge in [-0.05, 0) is 32.9 Å². The first kappa shape index (κ1) is 16.4. The van der Waals surface area contributed by atoms with Crippen molar-refractivity contribution >= 4 is 23.3 Å². The molecule has 114 valence electrons. The molecular formula is C13H16N2O6. The molecule has 0 fully saturated rings. The predicted molar refractivity (Wildman–Crippen MR) is 74.0 cm³/mol. The van der Waals surface area contributed by atoms with Gasteiger partial charge < -0.3 is 15.2 Å². The van der Waals surface area contributed by atoms with Gasteiger partial charge in [-0.25, -0.2) is 9.59 Å². The van der Waals surface area contributed by atoms with Crippen LogP contribution in [0.2, 0.25) is 0 Å². The summed E-state index contributed by atoms with van der Waals surface area (Å²) in [5.74, 6) is -1.72. The molecule has 0 saturated heterocycles. The lowest BCUT2D eigenvalue weighted by molar-refractivity contribution is -0.384. The van der Waals surface area contributed by atoms with Crippen LogP contribution in [0.4, 0.5) is 11.4 Å². The second-order valence-corrected chi connectivity index (χ2v) is 5.17. The van der Waals surface area contributed by atoms with Crippen LogP contribution in [0, 0.1) is 10.1 Å². The van der Waals surface area contributed by atoms with Gasteiger partial charge in [0, 0.05) is 0 Å². The Morgan fingerprint density at radius 3 is 2.14 bits per heavy atom. The zero-order valence-corrected chi connectivity index (χ0v) is 12.1. The second kappa shape index (κ2) is 5.78. The number of benzene rings is 1. The molecule has 0 aliphatic heterocycles. The molecule has 0 spiro atoms. The molecule has 0 unspecified atom stereocenters. The third-order valence-corrected chi connectivity index (χ3v) is 2.42. The highest BCUT2D eigenvalue weighted by atomic mass is 16.6. The summed E-state index contributed by atoms with van der Waals surface area (Å²) in [5, 5.41) is 11.1. The van der Waals surface area contributed by atoms with Crippen molar-refractivity contribution in [2.24, 2.45) is 0 Å². The summed E-state index contributed by atoms with van der Waals surface area (Å²) in [7, 11) is 1.09. The molecule has 2 N–H and O–H groups in total. The van der Waals surface area contributed by atoms with Crippen LogP contribution < -0.4 is 5.73 Å². The van der Waals surface area contributed by atoms with Crippen LogP contribution in [0.1, 0.15) is 41.5 Å². The molecule has 8 nitrogen and oxygen atoms in total. The van der Waals surface area contributed by atoms with Crippen molar-refractivity contribution in [1.29, 1.82) is 0 Å². The van der Waals surface area contributed by atoms with Gasteiger partial charge in [0.25, 0.3) is 0 Å². The van der Waals surface area contributed by atoms with Gasteiger partial charge in [-0.2, -0.15) is 0 Å². The van der Waals surface area contributed by atoms with Gasteiger partial charge in [0.2, 0.25) is 0 Å². The standard InChI is InChI=1S/C13H16N2O6/c1-13(2,3)21-12(17)7-5-6-8(11(16)20-4)10(9(7)14)15(18)19/h5-6H,14H2,1-4H3. The average molecular weight is 296 g/mol. The number of methoxy groups -OCH3 is 1. The van der Waals surface area contributed by atoms with Crippen LogP contribution in [0.5, 0.6) is 0 Å². The van der Waals surface area contributed by atoms with E-state index < -0.39 is 33.8 Å². The SMILES string of the molecule is COC(=O)c1ccc(C(=O)OC(C)(C)C)c(N)c1[N+](=O)[O-]. The van der Waals surface area contributed by atoms with Gasteiger partial charge in [0.05, 0.1) is 17.6 Å². The Hall–Kier alpha value is -2.64. The lowest BCUT2D eigenvalue weighted by Gasteiger charge is -2.20. The second-order valence-electron chi connectivity index (χ2n) is 5.17. The minimum Gasteiger partial charge on any atom is -0.465 e. The van der Waals surface area contributed by atoms with Crippen molar-refractivity contribution in [3.8, 4) is 0 Å². The molecule has 1 aromatic rings. The number of nitrogens with zero attached hydrogens (tertiary/aromatic N) is 1. The van der Waals surface area contributed by atoms with Crippen molar-refractivity contribution in [2.45, 2.75) is 26.4 Å². The Labute approximate surface area is 121 Å². The topological polar surface area (TPSA) is 122 Å². The highest BCUT2D eigenvalue weighted by molar-refractivity contribution is 6.03. The van der Waals surface area contributed by atoms with Gasteiger partial charge in [0.1, 0.15) is 16.9 Å². The molecule has 0 saturated carbocycles. The number of nitrogen functional groups attached to an aromatic ring is 1. The van der Waals surface area contributed by atoms with Crippen LogP contribution in [0.3, 0.4) is 0 Å². The Morgan fingerprint density at radius 1 is 1.19 bits per heavy atom. The van der Waals surface area contributed by atoms with E-state index in [1.54, 1.807) is 20.8 Å². The first-order valence-electron chi connectivity index (χ1n) is 5.97. The van der Waals surface area contributed by atoms with Crippen LogP contribution in [0.15, 0.2) is 12.1 Å². The van der Waals surface area contributed by atoms with Gasteiger partial charge in [-0.1, -0.05) is 0 Å². The molecule has 0 aliphatic rings. The van der Waals surface area contributed by atoms with E-state index >= 15 is 0 Å². The molecule has 1 rings (SSSR count). The molecule has 0 bridgehead atoms. The lowest BCUT2D eigenvalue weighted by Crippen LogP contribution is -2.25. The monoisotopic (exact) mass is 296 g/mol. The van der Waals surface area contributed by atoms with Crippen LogP contribution in [-0.4, -0.2) is 29.6 Å². The zero-order valence-electron chi connectivity index (χ0n) is 12.1. The van der Waals surface area contributed by atoms with E-state index in [9.17, 15) is 19.7 Å². The molecule has 0 radical (unpaired) electrons. The van der Waals surface area contributed by atoms with Gasteiger partial charge >= 0.3 is 17.6 Å². The highest BCUT2D eigenvalue weighted by Gasteiger charge is 2.30. The minimum atomic E-state index is -0.913. The summed E-state index contributed by atoms with van der Waals surface area (Å²) in [6.45, 7) is 4.95. The Kier molecular flexibility index (Phi) is 4.52. The Balaban J connectivity index is 3.40. The number of esters is 2. The summed E-state index contributed by atoms with van der Waals surface area (Å²) in [4.78, 5) is 33.7. The Morgan fingerprint density at radius 2 is 1.71 bits per heavy atom. The number of nitrogens with two attached hydrogens (primary N) is 1. The maximum Gasteiger partial charge on any atom is 0.344 e. The number of rotatable bonds is 3. The van der Waals surface area contributed by atoms with Crippen molar-refractivity contribution < 1.29 is 24.0 Å². The fourth-order valence-electron chi connectivity index (χ4n) is 1.59. The van der Waals surface area contributed by atoms with E-state index in [0.29, 0.717) is 0 Å². The van der Waals surface area contributed by atoms with Crippen molar-refractivity contribution in [3.63, 3.8) is 0 Å². The van der Waals surface area contributed by atoms with Crippen molar-refractivity contribution in [1.82, 2.24) is 0 Å². The maximum absolute atomic E-state index is 12.0. The van der Waals surface area contributed by atoms with Crippen LogP contribution in [-0.2, 0) is 9.47 Å². The molecule has 0 aromatic heterocycles. The summed E-state index contributed by atoms with van der Waals surface area (Å²) in [6.07, 6.45) is 0. The van der Waals surface area contributed by atoms with Gasteiger partial charge in [-0.15, -0.1) is 0 Å². The van der Waals surface area contributed by atoms with E-state index in [1.165, 1.54) is 6.07 Å². The molecule has 21 heavy (non-hydrogen) atoms. The Bertz CT molecular complexity index is 603. The first-order valence-corrected chi connectivity index (χ1v) is 5.97. The number of anilines is 1. The summed E-state index contributed by atoms with van der Waals surface area (Å²) >= 11 is 0. The molecular weight excluding hydrogens is 280 g/mol. The maximum atomic E-state index is 12.0. The number of nitro groups is 1. The third-order valence-electron chi connectivity index (χ3n) is 2.42. The van der Waals surface area contributed by atoms with E-state index in [2.05, 4.69) is 4.74 Å². The number of carbonyl (C=O) groups is 2. The first-order chi connectivity index (χ1) is 9.58. The van der Waals surface area contributed by atoms with Crippen molar-refractivity contribution in [2.75, 3.05) is 12.8 Å². The van der Waals surface area contributed by atoms with E-state index in [1.807, 2.05) is 0 Å². The summed E-state index contributed by atoms with van der Waals surface area (Å²) < 4.78 is 9.56. The normalized spacial score (nSPS) is 10.9. The highest BCUT2D eigenvalue weighted by Crippen LogP contribution is 2.31. The molecule has 0 amide bonds. The lowest BCUT2D eigenvalue weighted by atomic mass is 10.1. The zero-order chi connectivity index (χ0) is 16.4. The van der Waals surface area contributed by atoms with E-state index in [4.69, 9.17) is 10.5 Å². The number of carbonyl (C=O) groups excluding carboxylic acids is 2. The minimum absolute atomic E-state index is 0.177. The molecule has 8 heteroatoms. The fraction of sp³-hybridized carbons (Fsp3) is 0.385. The molecule has 0 aliphatic carbocycles. The molecule has 1 aromatic carbocycles. The molecule has 0 atom stereocenters. The number of hydrogen-bond donors (Lipinski definition) is 1. The van der Waals surface area contributed by atoms with Crippen molar-refractivity contribution in [3.05, 3.63) is 33.4 Å². The van der Waals surface area contributed by atoms with Crippen LogP contribution >= 0.6 is 0 Å². The number of nitro benzene ring substituents is 1. The molecule has 0 heterocycles. The van der Waals surface area contributed by atoms with Gasteiger partial charge in [0.15, 0.2) is 0 Å². The van der Waals surface area contributed by atoms with E-state index in [-0.39, 0.29) is 11.1 Å². The summed E-state index contributed by atoms with van der Waals surface area (Å²) in [6, 6.07) is 2.31. The number of hydrogen-bond acceptors (Lipinski definition) is 7. The summed E-state index contributed by atoms with van der Waals surface area (Å²) in [5.41, 5.74) is 3.26. The van der Waals surface area contributed by atoms with Crippen LogP contribution in [0.25, 0.3) is 0 Å². The third kappa shape index (κ3) is 3.68. The smallest absolute Gasteiger partial charge is 0.344 e. The average Bonchev–Trinajstić information content (AvgIpc) is 2.34.